The van der Waals surface area contributed by atoms with E-state index in [1.807, 2.05) is 0 Å². The molecule has 0 N–H and O–H groups in total. The van der Waals surface area contributed by atoms with Crippen molar-refractivity contribution >= 4 is 11.6 Å². The van der Waals surface area contributed by atoms with Crippen LogP contribution in [-0.4, -0.2) is 46.0 Å². The molecular weight excluding hydrogens is 276 g/mol. The zero-order valence-electron chi connectivity index (χ0n) is 12.4. The van der Waals surface area contributed by atoms with Crippen molar-refractivity contribution in [2.75, 3.05) is 46.0 Å². The number of methoxy groups -OCH3 is 1. The molecule has 1 atom stereocenters. The van der Waals surface area contributed by atoms with Gasteiger partial charge in [0.15, 0.2) is 0 Å². The van der Waals surface area contributed by atoms with Gasteiger partial charge in [-0.3, -0.25) is 0 Å². The molecule has 0 spiro atoms. The summed E-state index contributed by atoms with van der Waals surface area (Å²) >= 11 is 6.06. The number of halogens is 1. The van der Waals surface area contributed by atoms with Gasteiger partial charge in [0, 0.05) is 19.6 Å². The predicted octanol–water partition coefficient (Wildman–Crippen LogP) is 3.39. The SMILES string of the molecule is COCCOCCOCCC(CCl)c1cccc(C)c1. The number of alkyl halides is 1. The summed E-state index contributed by atoms with van der Waals surface area (Å²) in [6.07, 6.45) is 0.936. The van der Waals surface area contributed by atoms with E-state index < -0.39 is 0 Å². The molecule has 0 amide bonds. The first-order chi connectivity index (χ1) is 9.77. The van der Waals surface area contributed by atoms with Gasteiger partial charge in [-0.1, -0.05) is 29.8 Å². The van der Waals surface area contributed by atoms with Crippen LogP contribution in [0, 0.1) is 6.92 Å². The minimum Gasteiger partial charge on any atom is -0.382 e. The molecule has 1 aromatic rings. The van der Waals surface area contributed by atoms with E-state index in [2.05, 4.69) is 31.2 Å². The van der Waals surface area contributed by atoms with Crippen molar-refractivity contribution in [3.05, 3.63) is 35.4 Å². The number of rotatable bonds is 11. The predicted molar refractivity (Wildman–Crippen MR) is 82.8 cm³/mol. The summed E-state index contributed by atoms with van der Waals surface area (Å²) in [5.41, 5.74) is 2.56. The third-order valence-electron chi connectivity index (χ3n) is 3.11. The molecule has 1 aromatic carbocycles. The number of hydrogen-bond donors (Lipinski definition) is 0. The average Bonchev–Trinajstić information content (AvgIpc) is 2.46. The number of aryl methyl sites for hydroxylation is 1. The Balaban J connectivity index is 2.16. The molecule has 0 aliphatic rings. The third-order valence-corrected chi connectivity index (χ3v) is 3.49. The Labute approximate surface area is 127 Å². The summed E-state index contributed by atoms with van der Waals surface area (Å²) in [4.78, 5) is 0. The van der Waals surface area contributed by atoms with Crippen LogP contribution in [0.4, 0.5) is 0 Å². The van der Waals surface area contributed by atoms with Crippen molar-refractivity contribution in [2.24, 2.45) is 0 Å². The van der Waals surface area contributed by atoms with Crippen molar-refractivity contribution in [3.8, 4) is 0 Å². The smallest absolute Gasteiger partial charge is 0.0701 e. The zero-order valence-corrected chi connectivity index (χ0v) is 13.2. The van der Waals surface area contributed by atoms with Gasteiger partial charge in [0.25, 0.3) is 0 Å². The van der Waals surface area contributed by atoms with Gasteiger partial charge in [-0.2, -0.15) is 0 Å². The van der Waals surface area contributed by atoms with Crippen LogP contribution in [0.3, 0.4) is 0 Å². The van der Waals surface area contributed by atoms with E-state index in [0.717, 1.165) is 6.42 Å². The number of hydrogen-bond acceptors (Lipinski definition) is 3. The Hall–Kier alpha value is -0.610. The monoisotopic (exact) mass is 300 g/mol. The fourth-order valence-corrected chi connectivity index (χ4v) is 2.28. The van der Waals surface area contributed by atoms with Gasteiger partial charge in [0.2, 0.25) is 0 Å². The standard InChI is InChI=1S/C16H25ClO3/c1-14-4-3-5-15(12-14)16(13-17)6-7-19-10-11-20-9-8-18-2/h3-5,12,16H,6-11,13H2,1-2H3. The lowest BCUT2D eigenvalue weighted by Gasteiger charge is -2.15. The molecule has 114 valence electrons. The van der Waals surface area contributed by atoms with Crippen LogP contribution in [0.5, 0.6) is 0 Å². The van der Waals surface area contributed by atoms with E-state index in [1.165, 1.54) is 11.1 Å². The van der Waals surface area contributed by atoms with Gasteiger partial charge in [-0.15, -0.1) is 11.6 Å². The fourth-order valence-electron chi connectivity index (χ4n) is 1.95. The van der Waals surface area contributed by atoms with E-state index in [9.17, 15) is 0 Å². The molecule has 0 saturated carbocycles. The van der Waals surface area contributed by atoms with Gasteiger partial charge in [0.1, 0.15) is 0 Å². The molecular formula is C16H25ClO3. The second-order valence-electron chi connectivity index (χ2n) is 4.77. The molecule has 0 fully saturated rings. The molecule has 4 heteroatoms. The molecule has 1 rings (SSSR count). The van der Waals surface area contributed by atoms with Crippen molar-refractivity contribution in [2.45, 2.75) is 19.3 Å². The molecule has 0 aliphatic carbocycles. The van der Waals surface area contributed by atoms with E-state index in [-0.39, 0.29) is 0 Å². The van der Waals surface area contributed by atoms with E-state index in [0.29, 0.717) is 44.8 Å². The maximum absolute atomic E-state index is 6.06. The van der Waals surface area contributed by atoms with E-state index in [4.69, 9.17) is 25.8 Å². The number of benzene rings is 1. The first kappa shape index (κ1) is 17.4. The zero-order chi connectivity index (χ0) is 14.6. The Bertz CT molecular complexity index is 357. The second-order valence-corrected chi connectivity index (χ2v) is 5.08. The highest BCUT2D eigenvalue weighted by molar-refractivity contribution is 6.18. The first-order valence-corrected chi connectivity index (χ1v) is 7.58. The highest BCUT2D eigenvalue weighted by Gasteiger charge is 2.10. The van der Waals surface area contributed by atoms with Gasteiger partial charge in [0.05, 0.1) is 26.4 Å². The van der Waals surface area contributed by atoms with Crippen LogP contribution in [0.25, 0.3) is 0 Å². The minimum absolute atomic E-state index is 0.353. The summed E-state index contributed by atoms with van der Waals surface area (Å²) in [5, 5.41) is 0. The van der Waals surface area contributed by atoms with Crippen molar-refractivity contribution < 1.29 is 14.2 Å². The lowest BCUT2D eigenvalue weighted by Crippen LogP contribution is -2.11. The van der Waals surface area contributed by atoms with Gasteiger partial charge in [-0.25, -0.2) is 0 Å². The van der Waals surface area contributed by atoms with E-state index >= 15 is 0 Å². The van der Waals surface area contributed by atoms with Gasteiger partial charge < -0.3 is 14.2 Å². The third kappa shape index (κ3) is 7.25. The number of ether oxygens (including phenoxy) is 3. The van der Waals surface area contributed by atoms with Crippen LogP contribution < -0.4 is 0 Å². The van der Waals surface area contributed by atoms with Crippen molar-refractivity contribution in [1.82, 2.24) is 0 Å². The topological polar surface area (TPSA) is 27.7 Å². The highest BCUT2D eigenvalue weighted by Crippen LogP contribution is 2.22. The maximum atomic E-state index is 6.06. The summed E-state index contributed by atoms with van der Waals surface area (Å²) in [6, 6.07) is 8.51. The quantitative estimate of drug-likeness (QED) is 0.463. The lowest BCUT2D eigenvalue weighted by molar-refractivity contribution is 0.0235. The molecule has 0 aliphatic heterocycles. The van der Waals surface area contributed by atoms with Crippen LogP contribution in [0.1, 0.15) is 23.5 Å². The van der Waals surface area contributed by atoms with Crippen LogP contribution >= 0.6 is 11.6 Å². The molecule has 0 bridgehead atoms. The molecule has 0 aromatic heterocycles. The van der Waals surface area contributed by atoms with Gasteiger partial charge >= 0.3 is 0 Å². The Morgan fingerprint density at radius 1 is 1.05 bits per heavy atom. The normalized spacial score (nSPS) is 12.6. The van der Waals surface area contributed by atoms with Crippen LogP contribution in [0.2, 0.25) is 0 Å². The molecule has 1 unspecified atom stereocenters. The Kier molecular flexibility index (Phi) is 9.67. The Morgan fingerprint density at radius 3 is 2.40 bits per heavy atom. The molecule has 0 heterocycles. The Morgan fingerprint density at radius 2 is 1.75 bits per heavy atom. The van der Waals surface area contributed by atoms with Crippen LogP contribution in [0.15, 0.2) is 24.3 Å². The summed E-state index contributed by atoms with van der Waals surface area (Å²) in [6.45, 7) is 5.28. The van der Waals surface area contributed by atoms with Crippen molar-refractivity contribution in [1.29, 1.82) is 0 Å². The highest BCUT2D eigenvalue weighted by atomic mass is 35.5. The molecule has 20 heavy (non-hydrogen) atoms. The second kappa shape index (κ2) is 11.1. The fraction of sp³-hybridized carbons (Fsp3) is 0.625. The average molecular weight is 301 g/mol. The first-order valence-electron chi connectivity index (χ1n) is 7.05. The minimum atomic E-state index is 0.353. The largest absolute Gasteiger partial charge is 0.382 e. The van der Waals surface area contributed by atoms with Crippen LogP contribution in [-0.2, 0) is 14.2 Å². The maximum Gasteiger partial charge on any atom is 0.0701 e. The summed E-state index contributed by atoms with van der Waals surface area (Å²) in [5.74, 6) is 0.975. The molecule has 3 nitrogen and oxygen atoms in total. The summed E-state index contributed by atoms with van der Waals surface area (Å²) in [7, 11) is 1.66. The molecule has 0 radical (unpaired) electrons. The van der Waals surface area contributed by atoms with Crippen molar-refractivity contribution in [3.63, 3.8) is 0 Å². The summed E-state index contributed by atoms with van der Waals surface area (Å²) < 4.78 is 15.8. The molecule has 0 saturated heterocycles. The lowest BCUT2D eigenvalue weighted by atomic mass is 9.96. The van der Waals surface area contributed by atoms with E-state index in [1.54, 1.807) is 7.11 Å². The van der Waals surface area contributed by atoms with Gasteiger partial charge in [-0.05, 0) is 24.8 Å².